The summed E-state index contributed by atoms with van der Waals surface area (Å²) in [7, 11) is 0. The molecule has 1 aliphatic rings. The first-order valence-electron chi connectivity index (χ1n) is 8.43. The van der Waals surface area contributed by atoms with Crippen molar-refractivity contribution in [2.24, 2.45) is 0 Å². The highest BCUT2D eigenvalue weighted by Gasteiger charge is 2.16. The van der Waals surface area contributed by atoms with E-state index in [1.807, 2.05) is 30.5 Å². The lowest BCUT2D eigenvalue weighted by Crippen LogP contribution is -2.43. The predicted octanol–water partition coefficient (Wildman–Crippen LogP) is 3.82. The maximum atomic E-state index is 6.04. The van der Waals surface area contributed by atoms with Crippen molar-refractivity contribution in [1.82, 2.24) is 20.2 Å². The molecule has 136 valence electrons. The molecule has 0 amide bonds. The number of anilines is 2. The Bertz CT molecular complexity index is 687. The summed E-state index contributed by atoms with van der Waals surface area (Å²) in [5.74, 6) is 0.968. The Kier molecular flexibility index (Phi) is 7.44. The van der Waals surface area contributed by atoms with E-state index in [1.165, 1.54) is 5.56 Å². The Morgan fingerprint density at radius 3 is 2.72 bits per heavy atom. The molecule has 1 fully saturated rings. The number of nitrogens with zero attached hydrogens (tertiary/aromatic N) is 3. The standard InChI is InChI=1S/C18H24ClN5.ClH/c1-13(2)17-14(12-24-8-6-20-7-9-24)11-21-18(23-17)22-16-5-3-4-15(19)10-16;/h3-5,10-11,13,20H,6-9,12H2,1-2H3,(H,21,22,23);1H. The molecular weight excluding hydrogens is 357 g/mol. The number of benzene rings is 1. The van der Waals surface area contributed by atoms with E-state index < -0.39 is 0 Å². The molecule has 2 aromatic rings. The molecule has 2 N–H and O–H groups in total. The third-order valence-corrected chi connectivity index (χ3v) is 4.36. The highest BCUT2D eigenvalue weighted by molar-refractivity contribution is 6.30. The summed E-state index contributed by atoms with van der Waals surface area (Å²) >= 11 is 6.04. The van der Waals surface area contributed by atoms with Crippen LogP contribution in [0.3, 0.4) is 0 Å². The van der Waals surface area contributed by atoms with Gasteiger partial charge in [-0.2, -0.15) is 0 Å². The quantitative estimate of drug-likeness (QED) is 0.823. The van der Waals surface area contributed by atoms with Gasteiger partial charge in [0.2, 0.25) is 5.95 Å². The Morgan fingerprint density at radius 2 is 2.04 bits per heavy atom. The maximum Gasteiger partial charge on any atom is 0.227 e. The van der Waals surface area contributed by atoms with Gasteiger partial charge in [-0.3, -0.25) is 4.90 Å². The van der Waals surface area contributed by atoms with Gasteiger partial charge in [0.15, 0.2) is 0 Å². The van der Waals surface area contributed by atoms with E-state index in [9.17, 15) is 0 Å². The number of nitrogens with one attached hydrogen (secondary N) is 2. The van der Waals surface area contributed by atoms with Crippen molar-refractivity contribution < 1.29 is 0 Å². The number of rotatable bonds is 5. The molecule has 1 aliphatic heterocycles. The minimum Gasteiger partial charge on any atom is -0.324 e. The van der Waals surface area contributed by atoms with Gasteiger partial charge in [-0.15, -0.1) is 12.4 Å². The largest absolute Gasteiger partial charge is 0.324 e. The van der Waals surface area contributed by atoms with Crippen LogP contribution >= 0.6 is 24.0 Å². The minimum absolute atomic E-state index is 0. The Hall–Kier alpha value is -1.40. The summed E-state index contributed by atoms with van der Waals surface area (Å²) in [6.07, 6.45) is 1.96. The minimum atomic E-state index is 0. The van der Waals surface area contributed by atoms with Crippen LogP contribution in [0, 0.1) is 0 Å². The third-order valence-electron chi connectivity index (χ3n) is 4.13. The fraction of sp³-hybridized carbons (Fsp3) is 0.444. The second-order valence-electron chi connectivity index (χ2n) is 6.42. The molecule has 2 heterocycles. The smallest absolute Gasteiger partial charge is 0.227 e. The monoisotopic (exact) mass is 381 g/mol. The number of piperazine rings is 1. The zero-order valence-corrected chi connectivity index (χ0v) is 16.2. The molecule has 0 aliphatic carbocycles. The molecule has 0 atom stereocenters. The fourth-order valence-electron chi connectivity index (χ4n) is 2.91. The molecule has 1 aromatic heterocycles. The van der Waals surface area contributed by atoms with E-state index in [0.717, 1.165) is 44.1 Å². The molecular formula is C18H25Cl2N5. The lowest BCUT2D eigenvalue weighted by atomic mass is 10.0. The van der Waals surface area contributed by atoms with Crippen molar-refractivity contribution in [3.63, 3.8) is 0 Å². The van der Waals surface area contributed by atoms with Gasteiger partial charge in [0, 0.05) is 55.2 Å². The molecule has 3 rings (SSSR count). The van der Waals surface area contributed by atoms with E-state index in [0.29, 0.717) is 16.9 Å². The molecule has 1 aromatic carbocycles. The number of halogens is 2. The van der Waals surface area contributed by atoms with Gasteiger partial charge in [-0.05, 0) is 24.1 Å². The lowest BCUT2D eigenvalue weighted by molar-refractivity contribution is 0.232. The Labute approximate surface area is 160 Å². The fourth-order valence-corrected chi connectivity index (χ4v) is 3.10. The molecule has 0 bridgehead atoms. The van der Waals surface area contributed by atoms with Crippen LogP contribution < -0.4 is 10.6 Å². The van der Waals surface area contributed by atoms with Crippen molar-refractivity contribution in [2.75, 3.05) is 31.5 Å². The molecule has 1 saturated heterocycles. The summed E-state index contributed by atoms with van der Waals surface area (Å²) in [5.41, 5.74) is 3.21. The molecule has 5 nitrogen and oxygen atoms in total. The molecule has 0 saturated carbocycles. The van der Waals surface area contributed by atoms with E-state index in [1.54, 1.807) is 0 Å². The first-order valence-corrected chi connectivity index (χ1v) is 8.81. The average molecular weight is 382 g/mol. The summed E-state index contributed by atoms with van der Waals surface area (Å²) in [5, 5.41) is 7.32. The van der Waals surface area contributed by atoms with Gasteiger partial charge in [0.05, 0.1) is 5.69 Å². The van der Waals surface area contributed by atoms with Crippen molar-refractivity contribution in [1.29, 1.82) is 0 Å². The zero-order valence-electron chi connectivity index (χ0n) is 14.6. The topological polar surface area (TPSA) is 53.1 Å². The van der Waals surface area contributed by atoms with Crippen LogP contribution in [0.5, 0.6) is 0 Å². The predicted molar refractivity (Wildman–Crippen MR) is 106 cm³/mol. The van der Waals surface area contributed by atoms with Crippen LogP contribution in [-0.4, -0.2) is 41.0 Å². The van der Waals surface area contributed by atoms with Gasteiger partial charge in [-0.1, -0.05) is 31.5 Å². The van der Waals surface area contributed by atoms with Crippen molar-refractivity contribution in [2.45, 2.75) is 26.3 Å². The molecule has 25 heavy (non-hydrogen) atoms. The summed E-state index contributed by atoms with van der Waals surface area (Å²) in [6.45, 7) is 9.49. The van der Waals surface area contributed by atoms with Gasteiger partial charge in [0.25, 0.3) is 0 Å². The van der Waals surface area contributed by atoms with Crippen molar-refractivity contribution >= 4 is 35.6 Å². The van der Waals surface area contributed by atoms with Crippen LogP contribution in [0.25, 0.3) is 0 Å². The molecule has 7 heteroatoms. The Morgan fingerprint density at radius 1 is 1.28 bits per heavy atom. The second kappa shape index (κ2) is 9.34. The van der Waals surface area contributed by atoms with E-state index >= 15 is 0 Å². The maximum absolute atomic E-state index is 6.04. The van der Waals surface area contributed by atoms with Gasteiger partial charge in [0.1, 0.15) is 0 Å². The summed E-state index contributed by atoms with van der Waals surface area (Å²) < 4.78 is 0. The van der Waals surface area contributed by atoms with E-state index in [2.05, 4.69) is 34.4 Å². The summed E-state index contributed by atoms with van der Waals surface area (Å²) in [6, 6.07) is 7.59. The Balaban J connectivity index is 0.00000225. The second-order valence-corrected chi connectivity index (χ2v) is 6.86. The van der Waals surface area contributed by atoms with E-state index in [-0.39, 0.29) is 12.4 Å². The average Bonchev–Trinajstić information content (AvgIpc) is 2.57. The summed E-state index contributed by atoms with van der Waals surface area (Å²) in [4.78, 5) is 11.7. The van der Waals surface area contributed by atoms with Crippen molar-refractivity contribution in [3.05, 3.63) is 46.7 Å². The number of aromatic nitrogens is 2. The first kappa shape index (κ1) is 19.9. The van der Waals surface area contributed by atoms with Gasteiger partial charge >= 0.3 is 0 Å². The lowest BCUT2D eigenvalue weighted by Gasteiger charge is -2.28. The zero-order chi connectivity index (χ0) is 16.9. The highest BCUT2D eigenvalue weighted by Crippen LogP contribution is 2.22. The van der Waals surface area contributed by atoms with Crippen LogP contribution in [0.2, 0.25) is 5.02 Å². The number of hydrogen-bond donors (Lipinski definition) is 2. The van der Waals surface area contributed by atoms with Crippen LogP contribution in [0.1, 0.15) is 31.0 Å². The van der Waals surface area contributed by atoms with Crippen LogP contribution in [-0.2, 0) is 6.54 Å². The molecule has 0 radical (unpaired) electrons. The van der Waals surface area contributed by atoms with Gasteiger partial charge < -0.3 is 10.6 Å². The van der Waals surface area contributed by atoms with Gasteiger partial charge in [-0.25, -0.2) is 9.97 Å². The van der Waals surface area contributed by atoms with Crippen LogP contribution in [0.4, 0.5) is 11.6 Å². The SMILES string of the molecule is CC(C)c1nc(Nc2cccc(Cl)c2)ncc1CN1CCNCC1.Cl. The third kappa shape index (κ3) is 5.54. The molecule has 0 spiro atoms. The van der Waals surface area contributed by atoms with Crippen LogP contribution in [0.15, 0.2) is 30.5 Å². The highest BCUT2D eigenvalue weighted by atomic mass is 35.5. The van der Waals surface area contributed by atoms with Crippen molar-refractivity contribution in [3.8, 4) is 0 Å². The normalized spacial score (nSPS) is 15.0. The number of hydrogen-bond acceptors (Lipinski definition) is 5. The van der Waals surface area contributed by atoms with E-state index in [4.69, 9.17) is 16.6 Å². The first-order chi connectivity index (χ1) is 11.6. The molecule has 0 unspecified atom stereocenters.